The number of ether oxygens (including phenoxy) is 2. The number of aliphatic imine (C=N–C) groups is 1. The van der Waals surface area contributed by atoms with Gasteiger partial charge < -0.3 is 25.0 Å². The molecule has 2 N–H and O–H groups in total. The van der Waals surface area contributed by atoms with E-state index < -0.39 is 5.60 Å². The molecule has 162 valence electrons. The third-order valence-electron chi connectivity index (χ3n) is 4.88. The van der Waals surface area contributed by atoms with Gasteiger partial charge in [0.2, 0.25) is 0 Å². The van der Waals surface area contributed by atoms with Crippen LogP contribution in [0.1, 0.15) is 45.6 Å². The first kappa shape index (κ1) is 22.8. The van der Waals surface area contributed by atoms with Crippen molar-refractivity contribution in [2.75, 3.05) is 33.8 Å². The number of carbonyl (C=O) groups is 1. The molecule has 2 rings (SSSR count). The van der Waals surface area contributed by atoms with Gasteiger partial charge in [-0.1, -0.05) is 18.2 Å². The van der Waals surface area contributed by atoms with Gasteiger partial charge in [0.1, 0.15) is 11.4 Å². The van der Waals surface area contributed by atoms with Crippen LogP contribution < -0.4 is 15.4 Å². The van der Waals surface area contributed by atoms with Crippen molar-refractivity contribution < 1.29 is 14.3 Å². The Kier molecular flexibility index (Phi) is 8.61. The van der Waals surface area contributed by atoms with Crippen LogP contribution >= 0.6 is 0 Å². The Morgan fingerprint density at radius 1 is 1.28 bits per heavy atom. The average Bonchev–Trinajstić information content (AvgIpc) is 2.69. The van der Waals surface area contributed by atoms with E-state index in [9.17, 15) is 4.79 Å². The summed E-state index contributed by atoms with van der Waals surface area (Å²) in [6.07, 6.45) is 2.93. The van der Waals surface area contributed by atoms with Crippen molar-refractivity contribution in [2.24, 2.45) is 10.9 Å². The second kappa shape index (κ2) is 10.9. The molecule has 1 amide bonds. The lowest BCUT2D eigenvalue weighted by atomic mass is 9.95. The lowest BCUT2D eigenvalue weighted by Crippen LogP contribution is -2.44. The highest BCUT2D eigenvalue weighted by molar-refractivity contribution is 5.79. The first-order valence-electron chi connectivity index (χ1n) is 10.4. The van der Waals surface area contributed by atoms with E-state index in [1.54, 1.807) is 14.2 Å². The van der Waals surface area contributed by atoms with Gasteiger partial charge in [-0.25, -0.2) is 4.79 Å². The van der Waals surface area contributed by atoms with Crippen molar-refractivity contribution in [1.82, 2.24) is 15.5 Å². The van der Waals surface area contributed by atoms with Crippen molar-refractivity contribution in [3.63, 3.8) is 0 Å². The number of guanidine groups is 1. The van der Waals surface area contributed by atoms with Crippen LogP contribution in [0.25, 0.3) is 0 Å². The number of nitrogens with one attached hydrogen (secondary N) is 2. The normalized spacial score (nSPS) is 17.6. The minimum absolute atomic E-state index is 0.204. The van der Waals surface area contributed by atoms with E-state index in [0.717, 1.165) is 56.2 Å². The molecule has 0 saturated carbocycles. The van der Waals surface area contributed by atoms with Gasteiger partial charge >= 0.3 is 6.09 Å². The molecule has 1 saturated heterocycles. The van der Waals surface area contributed by atoms with Gasteiger partial charge in [0, 0.05) is 38.8 Å². The predicted octanol–water partition coefficient (Wildman–Crippen LogP) is 3.40. The molecule has 1 aromatic carbocycles. The van der Waals surface area contributed by atoms with Gasteiger partial charge in [-0.05, 0) is 52.0 Å². The Labute approximate surface area is 174 Å². The van der Waals surface area contributed by atoms with Crippen molar-refractivity contribution in [3.8, 4) is 5.75 Å². The van der Waals surface area contributed by atoms with Crippen LogP contribution in [-0.4, -0.2) is 56.3 Å². The molecule has 0 radical (unpaired) electrons. The lowest BCUT2D eigenvalue weighted by molar-refractivity contribution is 0.0162. The van der Waals surface area contributed by atoms with E-state index in [-0.39, 0.29) is 6.09 Å². The van der Waals surface area contributed by atoms with Crippen molar-refractivity contribution >= 4 is 12.1 Å². The van der Waals surface area contributed by atoms with E-state index in [2.05, 4.69) is 15.6 Å². The molecule has 1 aromatic rings. The fourth-order valence-corrected chi connectivity index (χ4v) is 3.44. The van der Waals surface area contributed by atoms with Gasteiger partial charge in [-0.15, -0.1) is 0 Å². The van der Waals surface area contributed by atoms with Gasteiger partial charge in [0.15, 0.2) is 5.96 Å². The van der Waals surface area contributed by atoms with Crippen LogP contribution in [0.2, 0.25) is 0 Å². The van der Waals surface area contributed by atoms with E-state index >= 15 is 0 Å². The summed E-state index contributed by atoms with van der Waals surface area (Å²) in [6.45, 7) is 8.68. The minimum atomic E-state index is -0.453. The van der Waals surface area contributed by atoms with E-state index in [0.29, 0.717) is 12.5 Å². The number of hydrogen-bond acceptors (Lipinski definition) is 4. The maximum atomic E-state index is 12.3. The summed E-state index contributed by atoms with van der Waals surface area (Å²) in [5.41, 5.74) is 0.629. The Morgan fingerprint density at radius 3 is 2.72 bits per heavy atom. The van der Waals surface area contributed by atoms with Crippen molar-refractivity contribution in [2.45, 2.75) is 52.2 Å². The van der Waals surface area contributed by atoms with Crippen LogP contribution in [0.15, 0.2) is 29.3 Å². The summed E-state index contributed by atoms with van der Waals surface area (Å²) in [7, 11) is 3.44. The number of piperidine rings is 1. The average molecular weight is 405 g/mol. The Bertz CT molecular complexity index is 685. The minimum Gasteiger partial charge on any atom is -0.496 e. The molecule has 1 atom stereocenters. The molecule has 1 unspecified atom stereocenters. The smallest absolute Gasteiger partial charge is 0.410 e. The van der Waals surface area contributed by atoms with Crippen LogP contribution in [0.3, 0.4) is 0 Å². The third-order valence-corrected chi connectivity index (χ3v) is 4.88. The number of benzene rings is 1. The summed E-state index contributed by atoms with van der Waals surface area (Å²) < 4.78 is 10.9. The molecule has 1 aliphatic rings. The Hall–Kier alpha value is -2.44. The summed E-state index contributed by atoms with van der Waals surface area (Å²) in [4.78, 5) is 18.4. The molecule has 1 aliphatic heterocycles. The molecular formula is C22H36N4O3. The highest BCUT2D eigenvalue weighted by Crippen LogP contribution is 2.21. The SMILES string of the molecule is CN=C(NCCC1CCCN(C(=O)OC(C)(C)C)C1)NCc1ccccc1OC. The zero-order chi connectivity index (χ0) is 21.3. The number of methoxy groups -OCH3 is 1. The topological polar surface area (TPSA) is 75.2 Å². The maximum absolute atomic E-state index is 12.3. The molecule has 1 fully saturated rings. The number of hydrogen-bond donors (Lipinski definition) is 2. The van der Waals surface area contributed by atoms with Crippen molar-refractivity contribution in [3.05, 3.63) is 29.8 Å². The van der Waals surface area contributed by atoms with E-state index in [4.69, 9.17) is 9.47 Å². The fraction of sp³-hybridized carbons (Fsp3) is 0.636. The molecule has 0 bridgehead atoms. The number of rotatable bonds is 6. The van der Waals surface area contributed by atoms with Crippen LogP contribution in [-0.2, 0) is 11.3 Å². The second-order valence-corrected chi connectivity index (χ2v) is 8.39. The predicted molar refractivity (Wildman–Crippen MR) is 116 cm³/mol. The molecular weight excluding hydrogens is 368 g/mol. The zero-order valence-electron chi connectivity index (χ0n) is 18.5. The second-order valence-electron chi connectivity index (χ2n) is 8.39. The van der Waals surface area contributed by atoms with E-state index in [1.807, 2.05) is 49.9 Å². The number of likely N-dealkylation sites (tertiary alicyclic amines) is 1. The molecule has 7 heteroatoms. The summed E-state index contributed by atoms with van der Waals surface area (Å²) in [5, 5.41) is 6.70. The first-order valence-corrected chi connectivity index (χ1v) is 10.4. The lowest BCUT2D eigenvalue weighted by Gasteiger charge is -2.34. The van der Waals surface area contributed by atoms with Crippen molar-refractivity contribution in [1.29, 1.82) is 0 Å². The van der Waals surface area contributed by atoms with Gasteiger partial charge in [0.25, 0.3) is 0 Å². The summed E-state index contributed by atoms with van der Waals surface area (Å²) in [6, 6.07) is 7.94. The molecule has 0 aliphatic carbocycles. The number of carbonyl (C=O) groups excluding carboxylic acids is 1. The standard InChI is InChI=1S/C22H36N4O3/c1-22(2,3)29-21(27)26-14-8-9-17(16-26)12-13-24-20(23-4)25-15-18-10-6-7-11-19(18)28-5/h6-7,10-11,17H,8-9,12-16H2,1-5H3,(H2,23,24,25). The molecule has 7 nitrogen and oxygen atoms in total. The van der Waals surface area contributed by atoms with E-state index in [1.165, 1.54) is 0 Å². The Morgan fingerprint density at radius 2 is 2.03 bits per heavy atom. The molecule has 1 heterocycles. The number of nitrogens with zero attached hydrogens (tertiary/aromatic N) is 2. The summed E-state index contributed by atoms with van der Waals surface area (Å²) in [5.74, 6) is 2.09. The highest BCUT2D eigenvalue weighted by Gasteiger charge is 2.27. The maximum Gasteiger partial charge on any atom is 0.410 e. The molecule has 29 heavy (non-hydrogen) atoms. The fourth-order valence-electron chi connectivity index (χ4n) is 3.44. The number of para-hydroxylation sites is 1. The zero-order valence-corrected chi connectivity index (χ0v) is 18.5. The summed E-state index contributed by atoms with van der Waals surface area (Å²) >= 11 is 0. The molecule has 0 aromatic heterocycles. The number of amides is 1. The third kappa shape index (κ3) is 7.83. The van der Waals surface area contributed by atoms with Crippen LogP contribution in [0.5, 0.6) is 5.75 Å². The van der Waals surface area contributed by atoms with Gasteiger partial charge in [0.05, 0.1) is 7.11 Å². The van der Waals surface area contributed by atoms with Crippen LogP contribution in [0, 0.1) is 5.92 Å². The van der Waals surface area contributed by atoms with Gasteiger partial charge in [-0.3, -0.25) is 4.99 Å². The van der Waals surface area contributed by atoms with Gasteiger partial charge in [-0.2, -0.15) is 0 Å². The monoisotopic (exact) mass is 404 g/mol. The Balaban J connectivity index is 1.75. The quantitative estimate of drug-likeness (QED) is 0.561. The first-order chi connectivity index (χ1) is 13.8. The van der Waals surface area contributed by atoms with Crippen LogP contribution in [0.4, 0.5) is 4.79 Å². The largest absolute Gasteiger partial charge is 0.496 e. The molecule has 0 spiro atoms. The highest BCUT2D eigenvalue weighted by atomic mass is 16.6.